The predicted molar refractivity (Wildman–Crippen MR) is 136 cm³/mol. The fraction of sp³-hybridized carbons (Fsp3) is 0.179. The molecule has 192 valence electrons. The molecule has 9 nitrogen and oxygen atoms in total. The molecule has 0 unspecified atom stereocenters. The Morgan fingerprint density at radius 1 is 1.05 bits per heavy atom. The number of aryl methyl sites for hydroxylation is 1. The molecule has 2 amide bonds. The zero-order valence-electron chi connectivity index (χ0n) is 20.3. The Morgan fingerprint density at radius 2 is 1.82 bits per heavy atom. The van der Waals surface area contributed by atoms with Gasteiger partial charge < -0.3 is 14.0 Å². The van der Waals surface area contributed by atoms with Crippen LogP contribution >= 0.6 is 11.6 Å². The van der Waals surface area contributed by atoms with E-state index in [1.165, 1.54) is 12.3 Å². The SMILES string of the molecule is Cc1oc(Cc2cccc(Cl)c2)nc1-c1ccc(OCc2ccc(C(=O)ON3C(=O)CCC3=O)cn2)cc1. The monoisotopic (exact) mass is 531 g/mol. The number of hydrogen-bond donors (Lipinski definition) is 0. The molecule has 38 heavy (non-hydrogen) atoms. The van der Waals surface area contributed by atoms with Crippen LogP contribution in [0.15, 0.2) is 71.3 Å². The zero-order chi connectivity index (χ0) is 26.6. The smallest absolute Gasteiger partial charge is 0.365 e. The van der Waals surface area contributed by atoms with Crippen molar-refractivity contribution in [2.45, 2.75) is 32.8 Å². The molecule has 0 atom stereocenters. The van der Waals surface area contributed by atoms with E-state index >= 15 is 0 Å². The number of carbonyl (C=O) groups is 3. The van der Waals surface area contributed by atoms with Gasteiger partial charge in [0.05, 0.1) is 11.3 Å². The largest absolute Gasteiger partial charge is 0.487 e. The van der Waals surface area contributed by atoms with Crippen molar-refractivity contribution in [3.63, 3.8) is 0 Å². The van der Waals surface area contributed by atoms with Crippen LogP contribution in [0.2, 0.25) is 5.02 Å². The van der Waals surface area contributed by atoms with Crippen LogP contribution in [0.4, 0.5) is 0 Å². The van der Waals surface area contributed by atoms with Crippen LogP contribution in [0.3, 0.4) is 0 Å². The molecule has 1 aliphatic heterocycles. The summed E-state index contributed by atoms with van der Waals surface area (Å²) < 4.78 is 11.7. The van der Waals surface area contributed by atoms with Crippen molar-refractivity contribution >= 4 is 29.4 Å². The molecule has 10 heteroatoms. The van der Waals surface area contributed by atoms with Gasteiger partial charge in [0.15, 0.2) is 5.89 Å². The van der Waals surface area contributed by atoms with Crippen molar-refractivity contribution in [1.29, 1.82) is 0 Å². The molecule has 3 heterocycles. The summed E-state index contributed by atoms with van der Waals surface area (Å²) in [4.78, 5) is 49.2. The third kappa shape index (κ3) is 5.73. The number of rotatable bonds is 8. The molecule has 2 aromatic heterocycles. The number of amides is 2. The maximum absolute atomic E-state index is 12.2. The minimum Gasteiger partial charge on any atom is -0.487 e. The molecule has 0 saturated carbocycles. The normalized spacial score (nSPS) is 13.2. The van der Waals surface area contributed by atoms with Gasteiger partial charge in [0.2, 0.25) is 0 Å². The van der Waals surface area contributed by atoms with Crippen LogP contribution < -0.4 is 4.74 Å². The first kappa shape index (κ1) is 25.2. The summed E-state index contributed by atoms with van der Waals surface area (Å²) in [6.07, 6.45) is 1.92. The van der Waals surface area contributed by atoms with E-state index in [1.54, 1.807) is 6.07 Å². The van der Waals surface area contributed by atoms with Gasteiger partial charge in [-0.05, 0) is 61.0 Å². The lowest BCUT2D eigenvalue weighted by atomic mass is 10.1. The van der Waals surface area contributed by atoms with Crippen LogP contribution in [-0.2, 0) is 27.5 Å². The first-order valence-electron chi connectivity index (χ1n) is 11.8. The van der Waals surface area contributed by atoms with Crippen LogP contribution in [0.5, 0.6) is 5.75 Å². The third-order valence-electron chi connectivity index (χ3n) is 5.84. The van der Waals surface area contributed by atoms with Crippen molar-refractivity contribution in [3.8, 4) is 17.0 Å². The maximum Gasteiger partial charge on any atom is 0.365 e. The summed E-state index contributed by atoms with van der Waals surface area (Å²) in [5, 5.41) is 1.17. The van der Waals surface area contributed by atoms with Gasteiger partial charge in [-0.25, -0.2) is 9.78 Å². The lowest BCUT2D eigenvalue weighted by Gasteiger charge is -2.12. The van der Waals surface area contributed by atoms with Crippen molar-refractivity contribution < 1.29 is 28.4 Å². The molecule has 1 saturated heterocycles. The van der Waals surface area contributed by atoms with Gasteiger partial charge in [-0.15, -0.1) is 5.06 Å². The van der Waals surface area contributed by atoms with E-state index in [2.05, 4.69) is 9.97 Å². The Balaban J connectivity index is 1.17. The summed E-state index contributed by atoms with van der Waals surface area (Å²) in [7, 11) is 0. The van der Waals surface area contributed by atoms with E-state index in [1.807, 2.05) is 55.5 Å². The highest BCUT2D eigenvalue weighted by Gasteiger charge is 2.33. The van der Waals surface area contributed by atoms with Gasteiger partial charge in [-0.1, -0.05) is 23.7 Å². The number of nitrogens with zero attached hydrogens (tertiary/aromatic N) is 3. The second kappa shape index (κ2) is 10.9. The predicted octanol–water partition coefficient (Wildman–Crippen LogP) is 5.09. The Morgan fingerprint density at radius 3 is 2.50 bits per heavy atom. The molecule has 0 radical (unpaired) electrons. The van der Waals surface area contributed by atoms with E-state index in [4.69, 9.17) is 25.6 Å². The Labute approximate surface area is 222 Å². The standard InChI is InChI=1S/C28H22ClN3O6/c1-17-27(31-24(37-17)14-18-3-2-4-21(29)13-18)19-6-9-23(10-7-19)36-16-22-8-5-20(15-30-22)28(35)38-32-25(33)11-12-26(32)34/h2-10,13,15H,11-12,14,16H2,1H3. The van der Waals surface area contributed by atoms with Crippen LogP contribution in [0, 0.1) is 6.92 Å². The molecule has 4 aromatic rings. The number of oxazole rings is 1. The molecule has 0 aliphatic carbocycles. The van der Waals surface area contributed by atoms with Crippen LogP contribution in [0.25, 0.3) is 11.3 Å². The second-order valence-corrected chi connectivity index (χ2v) is 9.07. The molecule has 2 aromatic carbocycles. The minimum atomic E-state index is -0.831. The molecular formula is C28H22ClN3O6. The highest BCUT2D eigenvalue weighted by atomic mass is 35.5. The van der Waals surface area contributed by atoms with Crippen molar-refractivity contribution in [1.82, 2.24) is 15.0 Å². The summed E-state index contributed by atoms with van der Waals surface area (Å²) in [6.45, 7) is 2.05. The maximum atomic E-state index is 12.2. The number of hydrogen-bond acceptors (Lipinski definition) is 8. The van der Waals surface area contributed by atoms with Gasteiger partial charge in [0, 0.05) is 36.0 Å². The summed E-state index contributed by atoms with van der Waals surface area (Å²) in [5.41, 5.74) is 3.37. The van der Waals surface area contributed by atoms with E-state index in [-0.39, 0.29) is 25.0 Å². The summed E-state index contributed by atoms with van der Waals surface area (Å²) >= 11 is 6.07. The van der Waals surface area contributed by atoms with Gasteiger partial charge >= 0.3 is 5.97 Å². The lowest BCUT2D eigenvalue weighted by molar-refractivity contribution is -0.172. The summed E-state index contributed by atoms with van der Waals surface area (Å²) in [6, 6.07) is 18.2. The third-order valence-corrected chi connectivity index (χ3v) is 6.08. The second-order valence-electron chi connectivity index (χ2n) is 8.63. The Bertz CT molecular complexity index is 1480. The van der Waals surface area contributed by atoms with Gasteiger partial charge in [0.25, 0.3) is 11.8 Å². The highest BCUT2D eigenvalue weighted by Crippen LogP contribution is 2.27. The van der Waals surface area contributed by atoms with Crippen LogP contribution in [0.1, 0.15) is 46.1 Å². The lowest BCUT2D eigenvalue weighted by Crippen LogP contribution is -2.32. The fourth-order valence-corrected chi connectivity index (χ4v) is 4.12. The van der Waals surface area contributed by atoms with E-state index in [9.17, 15) is 14.4 Å². The van der Waals surface area contributed by atoms with Crippen molar-refractivity contribution in [2.75, 3.05) is 0 Å². The fourth-order valence-electron chi connectivity index (χ4n) is 3.91. The topological polar surface area (TPSA) is 112 Å². The number of carbonyl (C=O) groups excluding carboxylic acids is 3. The first-order chi connectivity index (χ1) is 18.4. The molecule has 1 aliphatic rings. The first-order valence-corrected chi connectivity index (χ1v) is 12.2. The molecule has 1 fully saturated rings. The minimum absolute atomic E-state index is 0.0326. The number of aromatic nitrogens is 2. The van der Waals surface area contributed by atoms with Gasteiger partial charge in [0.1, 0.15) is 23.8 Å². The molecule has 0 N–H and O–H groups in total. The number of pyridine rings is 1. The number of ether oxygens (including phenoxy) is 1. The average Bonchev–Trinajstić information content (AvgIpc) is 3.44. The summed E-state index contributed by atoms with van der Waals surface area (Å²) in [5.74, 6) is 0.0515. The van der Waals surface area contributed by atoms with Gasteiger partial charge in [-0.2, -0.15) is 0 Å². The molecule has 0 bridgehead atoms. The van der Waals surface area contributed by atoms with Crippen molar-refractivity contribution in [2.24, 2.45) is 0 Å². The molecule has 0 spiro atoms. The number of benzene rings is 2. The van der Waals surface area contributed by atoms with E-state index < -0.39 is 17.8 Å². The number of halogens is 1. The Hall–Kier alpha value is -4.50. The molecule has 5 rings (SSSR count). The quantitative estimate of drug-likeness (QED) is 0.289. The van der Waals surface area contributed by atoms with E-state index in [0.29, 0.717) is 33.8 Å². The average molecular weight is 532 g/mol. The van der Waals surface area contributed by atoms with Gasteiger partial charge in [-0.3, -0.25) is 14.6 Å². The zero-order valence-corrected chi connectivity index (χ0v) is 21.1. The highest BCUT2D eigenvalue weighted by molar-refractivity contribution is 6.30. The molecular weight excluding hydrogens is 510 g/mol. The Kier molecular flexibility index (Phi) is 7.19. The van der Waals surface area contributed by atoms with Crippen LogP contribution in [-0.4, -0.2) is 32.8 Å². The van der Waals surface area contributed by atoms with Crippen molar-refractivity contribution in [3.05, 3.63) is 100 Å². The van der Waals surface area contributed by atoms with E-state index in [0.717, 1.165) is 22.6 Å². The number of imide groups is 1. The number of hydroxylamine groups is 2.